The molecule has 0 bridgehead atoms. The number of nitrogens with zero attached hydrogens (tertiary/aromatic N) is 2. The van der Waals surface area contributed by atoms with Gasteiger partial charge in [-0.05, 0) is 25.3 Å². The number of nitro benzene ring substituents is 1. The van der Waals surface area contributed by atoms with Crippen molar-refractivity contribution in [3.8, 4) is 0 Å². The Morgan fingerprint density at radius 3 is 2.67 bits per heavy atom. The molecule has 1 aromatic rings. The van der Waals surface area contributed by atoms with Crippen LogP contribution in [-0.2, 0) is 4.79 Å². The molecule has 21 heavy (non-hydrogen) atoms. The molecule has 112 valence electrons. The van der Waals surface area contributed by atoms with Gasteiger partial charge in [0.25, 0.3) is 11.6 Å². The van der Waals surface area contributed by atoms with Gasteiger partial charge in [-0.1, -0.05) is 11.6 Å². The number of nitro groups is 1. The van der Waals surface area contributed by atoms with E-state index in [-0.39, 0.29) is 16.3 Å². The Balaban J connectivity index is 2.30. The number of piperidine rings is 1. The van der Waals surface area contributed by atoms with E-state index in [2.05, 4.69) is 0 Å². The molecule has 2 N–H and O–H groups in total. The molecule has 2 rings (SSSR count). The molecule has 1 atom stereocenters. The minimum Gasteiger partial charge on any atom is -0.368 e. The second kappa shape index (κ2) is 6.09. The summed E-state index contributed by atoms with van der Waals surface area (Å²) in [5.41, 5.74) is 5.26. The van der Waals surface area contributed by atoms with E-state index in [1.165, 1.54) is 17.0 Å². The lowest BCUT2D eigenvalue weighted by atomic mass is 10.00. The Kier molecular flexibility index (Phi) is 4.42. The molecule has 0 aliphatic carbocycles. The molecular weight excluding hydrogens is 298 g/mol. The molecule has 7 nitrogen and oxygen atoms in total. The number of nitrogens with two attached hydrogens (primary N) is 1. The quantitative estimate of drug-likeness (QED) is 0.677. The minimum atomic E-state index is -0.655. The fraction of sp³-hybridized carbons (Fsp3) is 0.385. The molecule has 0 radical (unpaired) electrons. The van der Waals surface area contributed by atoms with Crippen molar-refractivity contribution in [2.24, 2.45) is 5.73 Å². The molecule has 1 heterocycles. The van der Waals surface area contributed by atoms with Gasteiger partial charge in [-0.15, -0.1) is 0 Å². The van der Waals surface area contributed by atoms with Crippen LogP contribution in [0.1, 0.15) is 29.6 Å². The summed E-state index contributed by atoms with van der Waals surface area (Å²) in [5, 5.41) is 10.7. The molecule has 8 heteroatoms. The number of primary amides is 1. The van der Waals surface area contributed by atoms with Crippen molar-refractivity contribution in [2.75, 3.05) is 6.54 Å². The third-order valence-electron chi connectivity index (χ3n) is 3.49. The van der Waals surface area contributed by atoms with Gasteiger partial charge in [0, 0.05) is 18.7 Å². The third-order valence-corrected chi connectivity index (χ3v) is 3.80. The predicted molar refractivity (Wildman–Crippen MR) is 76.0 cm³/mol. The first-order valence-corrected chi connectivity index (χ1v) is 6.84. The number of halogens is 1. The first kappa shape index (κ1) is 15.2. The van der Waals surface area contributed by atoms with Crippen LogP contribution in [0.25, 0.3) is 0 Å². The van der Waals surface area contributed by atoms with Crippen LogP contribution < -0.4 is 5.73 Å². The Hall–Kier alpha value is -2.15. The Labute approximate surface area is 125 Å². The zero-order valence-corrected chi connectivity index (χ0v) is 11.9. The van der Waals surface area contributed by atoms with Gasteiger partial charge in [0.15, 0.2) is 0 Å². The van der Waals surface area contributed by atoms with Crippen molar-refractivity contribution in [3.63, 3.8) is 0 Å². The summed E-state index contributed by atoms with van der Waals surface area (Å²) < 4.78 is 0. The number of hydrogen-bond donors (Lipinski definition) is 1. The van der Waals surface area contributed by atoms with Crippen LogP contribution in [0.4, 0.5) is 5.69 Å². The maximum atomic E-state index is 12.5. The van der Waals surface area contributed by atoms with Crippen LogP contribution in [-0.4, -0.2) is 34.2 Å². The molecule has 1 fully saturated rings. The van der Waals surface area contributed by atoms with Crippen molar-refractivity contribution < 1.29 is 14.5 Å². The maximum Gasteiger partial charge on any atom is 0.270 e. The van der Waals surface area contributed by atoms with Crippen LogP contribution in [0.2, 0.25) is 5.02 Å². The Bertz CT molecular complexity index is 605. The molecule has 0 spiro atoms. The lowest BCUT2D eigenvalue weighted by Gasteiger charge is -2.33. The number of non-ortho nitro benzene ring substituents is 1. The highest BCUT2D eigenvalue weighted by atomic mass is 35.5. The molecule has 2 amide bonds. The lowest BCUT2D eigenvalue weighted by molar-refractivity contribution is -0.384. The molecular formula is C13H14ClN3O4. The van der Waals surface area contributed by atoms with Gasteiger partial charge in [0.2, 0.25) is 5.91 Å². The maximum absolute atomic E-state index is 12.5. The number of amides is 2. The second-order valence-electron chi connectivity index (χ2n) is 4.83. The van der Waals surface area contributed by atoms with Gasteiger partial charge in [0.1, 0.15) is 6.04 Å². The van der Waals surface area contributed by atoms with Crippen LogP contribution >= 0.6 is 11.6 Å². The summed E-state index contributed by atoms with van der Waals surface area (Å²) in [6.07, 6.45) is 2.12. The van der Waals surface area contributed by atoms with Gasteiger partial charge in [0.05, 0.1) is 15.5 Å². The highest BCUT2D eigenvalue weighted by molar-refractivity contribution is 6.34. The van der Waals surface area contributed by atoms with E-state index in [1.807, 2.05) is 0 Å². The van der Waals surface area contributed by atoms with E-state index in [9.17, 15) is 19.7 Å². The zero-order chi connectivity index (χ0) is 15.6. The van der Waals surface area contributed by atoms with Gasteiger partial charge in [-0.2, -0.15) is 0 Å². The van der Waals surface area contributed by atoms with E-state index in [0.717, 1.165) is 18.9 Å². The average molecular weight is 312 g/mol. The first-order chi connectivity index (χ1) is 9.91. The van der Waals surface area contributed by atoms with E-state index >= 15 is 0 Å². The fourth-order valence-corrected chi connectivity index (χ4v) is 2.67. The summed E-state index contributed by atoms with van der Waals surface area (Å²) in [4.78, 5) is 35.4. The molecule has 0 aromatic heterocycles. The summed E-state index contributed by atoms with van der Waals surface area (Å²) >= 11 is 5.95. The van der Waals surface area contributed by atoms with E-state index < -0.39 is 22.8 Å². The Morgan fingerprint density at radius 1 is 1.38 bits per heavy atom. The Morgan fingerprint density at radius 2 is 2.10 bits per heavy atom. The number of carbonyl (C=O) groups excluding carboxylic acids is 2. The van der Waals surface area contributed by atoms with Crippen LogP contribution in [0, 0.1) is 10.1 Å². The van der Waals surface area contributed by atoms with Crippen molar-refractivity contribution in [1.29, 1.82) is 0 Å². The molecule has 1 aliphatic heterocycles. The van der Waals surface area contributed by atoms with Crippen molar-refractivity contribution in [1.82, 2.24) is 4.90 Å². The normalized spacial score (nSPS) is 18.3. The zero-order valence-electron chi connectivity index (χ0n) is 11.1. The van der Waals surface area contributed by atoms with Gasteiger partial charge < -0.3 is 10.6 Å². The summed E-state index contributed by atoms with van der Waals surface area (Å²) in [5.74, 6) is -0.987. The summed E-state index contributed by atoms with van der Waals surface area (Å²) in [6, 6.07) is 2.98. The highest BCUT2D eigenvalue weighted by Gasteiger charge is 2.32. The van der Waals surface area contributed by atoms with Gasteiger partial charge >= 0.3 is 0 Å². The van der Waals surface area contributed by atoms with Crippen molar-refractivity contribution >= 4 is 29.1 Å². The average Bonchev–Trinajstić information content (AvgIpc) is 2.46. The second-order valence-corrected chi connectivity index (χ2v) is 5.24. The monoisotopic (exact) mass is 311 g/mol. The number of benzene rings is 1. The van der Waals surface area contributed by atoms with Gasteiger partial charge in [-0.3, -0.25) is 19.7 Å². The third kappa shape index (κ3) is 3.13. The summed E-state index contributed by atoms with van der Waals surface area (Å²) in [7, 11) is 0. The largest absolute Gasteiger partial charge is 0.368 e. The van der Waals surface area contributed by atoms with Crippen LogP contribution in [0.5, 0.6) is 0 Å². The number of hydrogen-bond acceptors (Lipinski definition) is 4. The SMILES string of the molecule is NC(=O)C1CCCCN1C(=O)c1ccc([N+](=O)[O-])cc1Cl. The minimum absolute atomic E-state index is 0.0111. The molecule has 1 aromatic carbocycles. The number of likely N-dealkylation sites (tertiary alicyclic amines) is 1. The standard InChI is InChI=1S/C13H14ClN3O4/c14-10-7-8(17(20)21)4-5-9(10)13(19)16-6-2-1-3-11(16)12(15)18/h4-5,7,11H,1-3,6H2,(H2,15,18). The summed E-state index contributed by atoms with van der Waals surface area (Å²) in [6.45, 7) is 0.416. The predicted octanol–water partition coefficient (Wildman–Crippen LogP) is 1.73. The number of rotatable bonds is 3. The van der Waals surface area contributed by atoms with Crippen molar-refractivity contribution in [3.05, 3.63) is 38.9 Å². The molecule has 1 saturated heterocycles. The van der Waals surface area contributed by atoms with E-state index in [4.69, 9.17) is 17.3 Å². The van der Waals surface area contributed by atoms with Crippen LogP contribution in [0.15, 0.2) is 18.2 Å². The molecule has 1 unspecified atom stereocenters. The van der Waals surface area contributed by atoms with E-state index in [0.29, 0.717) is 13.0 Å². The fourth-order valence-electron chi connectivity index (χ4n) is 2.42. The molecule has 0 saturated carbocycles. The topological polar surface area (TPSA) is 107 Å². The van der Waals surface area contributed by atoms with E-state index in [1.54, 1.807) is 0 Å². The van der Waals surface area contributed by atoms with Gasteiger partial charge in [-0.25, -0.2) is 0 Å². The number of carbonyl (C=O) groups is 2. The van der Waals surface area contributed by atoms with Crippen LogP contribution in [0.3, 0.4) is 0 Å². The molecule has 1 aliphatic rings. The first-order valence-electron chi connectivity index (χ1n) is 6.46. The smallest absolute Gasteiger partial charge is 0.270 e. The van der Waals surface area contributed by atoms with Crippen molar-refractivity contribution in [2.45, 2.75) is 25.3 Å². The highest BCUT2D eigenvalue weighted by Crippen LogP contribution is 2.26. The lowest BCUT2D eigenvalue weighted by Crippen LogP contribution is -2.50.